The van der Waals surface area contributed by atoms with E-state index in [0.717, 1.165) is 5.56 Å². The van der Waals surface area contributed by atoms with E-state index in [0.29, 0.717) is 10.8 Å². The average Bonchev–Trinajstić information content (AvgIpc) is 2.58. The number of carbonyl (C=O) groups excluding carboxylic acids is 1. The second kappa shape index (κ2) is 8.14. The van der Waals surface area contributed by atoms with Crippen molar-refractivity contribution < 1.29 is 17.9 Å². The molecule has 8 heteroatoms. The van der Waals surface area contributed by atoms with Crippen LogP contribution in [0.1, 0.15) is 5.56 Å². The smallest absolute Gasteiger partial charge is 0.241 e. The van der Waals surface area contributed by atoms with Crippen molar-refractivity contribution in [1.82, 2.24) is 10.0 Å². The first kappa shape index (κ1) is 18.3. The number of hydrogen-bond donors (Lipinski definition) is 2. The molecule has 2 aromatic carbocycles. The molecule has 0 aliphatic rings. The van der Waals surface area contributed by atoms with Crippen LogP contribution in [0.15, 0.2) is 53.4 Å². The number of nitrogens with one attached hydrogen (secondary N) is 2. The van der Waals surface area contributed by atoms with Crippen LogP contribution in [-0.4, -0.2) is 28.0 Å². The number of hydrogen-bond acceptors (Lipinski definition) is 4. The maximum Gasteiger partial charge on any atom is 0.241 e. The zero-order valence-corrected chi connectivity index (χ0v) is 14.5. The molecule has 0 heterocycles. The highest BCUT2D eigenvalue weighted by molar-refractivity contribution is 7.89. The predicted octanol–water partition coefficient (Wildman–Crippen LogP) is 1.94. The number of sulfonamides is 1. The standard InChI is InChI=1S/C16H17ClN2O4S/c1-23-14-5-7-15(8-6-14)24(21,22)19-11-16(20)18-10-12-3-2-4-13(17)9-12/h2-9,19H,10-11H2,1H3,(H,18,20). The Kier molecular flexibility index (Phi) is 6.19. The van der Waals surface area contributed by atoms with Gasteiger partial charge in [-0.1, -0.05) is 23.7 Å². The molecule has 2 rings (SSSR count). The molecule has 0 aliphatic carbocycles. The first-order chi connectivity index (χ1) is 11.4. The molecule has 0 aliphatic heterocycles. The fourth-order valence-corrected chi connectivity index (χ4v) is 3.10. The lowest BCUT2D eigenvalue weighted by molar-refractivity contribution is -0.120. The van der Waals surface area contributed by atoms with Gasteiger partial charge in [-0.3, -0.25) is 4.79 Å². The van der Waals surface area contributed by atoms with Gasteiger partial charge in [0.15, 0.2) is 0 Å². The minimum Gasteiger partial charge on any atom is -0.497 e. The predicted molar refractivity (Wildman–Crippen MR) is 91.5 cm³/mol. The lowest BCUT2D eigenvalue weighted by atomic mass is 10.2. The van der Waals surface area contributed by atoms with Crippen LogP contribution in [-0.2, 0) is 21.4 Å². The molecule has 2 aromatic rings. The maximum absolute atomic E-state index is 12.1. The summed E-state index contributed by atoms with van der Waals surface area (Å²) < 4.78 is 31.4. The lowest BCUT2D eigenvalue weighted by Crippen LogP contribution is -2.36. The zero-order valence-electron chi connectivity index (χ0n) is 13.0. The molecule has 0 saturated carbocycles. The first-order valence-corrected chi connectivity index (χ1v) is 8.92. The van der Waals surface area contributed by atoms with E-state index in [9.17, 15) is 13.2 Å². The van der Waals surface area contributed by atoms with Crippen molar-refractivity contribution in [2.24, 2.45) is 0 Å². The van der Waals surface area contributed by atoms with Crippen LogP contribution < -0.4 is 14.8 Å². The highest BCUT2D eigenvalue weighted by atomic mass is 35.5. The Bertz CT molecular complexity index is 807. The van der Waals surface area contributed by atoms with Crippen molar-refractivity contribution in [2.45, 2.75) is 11.4 Å². The van der Waals surface area contributed by atoms with Gasteiger partial charge in [0.1, 0.15) is 5.75 Å². The largest absolute Gasteiger partial charge is 0.497 e. The van der Waals surface area contributed by atoms with Crippen LogP contribution in [0.2, 0.25) is 5.02 Å². The van der Waals surface area contributed by atoms with Gasteiger partial charge in [-0.2, -0.15) is 0 Å². The van der Waals surface area contributed by atoms with Crippen molar-refractivity contribution in [3.63, 3.8) is 0 Å². The van der Waals surface area contributed by atoms with Gasteiger partial charge < -0.3 is 10.1 Å². The Labute approximate surface area is 145 Å². The van der Waals surface area contributed by atoms with Gasteiger partial charge in [-0.05, 0) is 42.0 Å². The SMILES string of the molecule is COc1ccc(S(=O)(=O)NCC(=O)NCc2cccc(Cl)c2)cc1. The summed E-state index contributed by atoms with van der Waals surface area (Å²) in [6, 6.07) is 12.9. The highest BCUT2D eigenvalue weighted by Crippen LogP contribution is 2.15. The number of halogens is 1. The molecule has 1 amide bonds. The third kappa shape index (κ3) is 5.23. The summed E-state index contributed by atoms with van der Waals surface area (Å²) >= 11 is 5.86. The minimum absolute atomic E-state index is 0.0611. The van der Waals surface area contributed by atoms with E-state index in [2.05, 4.69) is 10.0 Å². The highest BCUT2D eigenvalue weighted by Gasteiger charge is 2.15. The Morgan fingerprint density at radius 3 is 2.50 bits per heavy atom. The third-order valence-corrected chi connectivity index (χ3v) is 4.82. The van der Waals surface area contributed by atoms with Gasteiger partial charge >= 0.3 is 0 Å². The second-order valence-electron chi connectivity index (χ2n) is 4.91. The molecule has 2 N–H and O–H groups in total. The summed E-state index contributed by atoms with van der Waals surface area (Å²) in [5.41, 5.74) is 0.828. The number of amides is 1. The van der Waals surface area contributed by atoms with Crippen LogP contribution in [0.3, 0.4) is 0 Å². The van der Waals surface area contributed by atoms with Crippen LogP contribution in [0.5, 0.6) is 5.75 Å². The van der Waals surface area contributed by atoms with E-state index >= 15 is 0 Å². The quantitative estimate of drug-likeness (QED) is 0.782. The van der Waals surface area contributed by atoms with Crippen molar-refractivity contribution in [3.05, 3.63) is 59.1 Å². The van der Waals surface area contributed by atoms with Gasteiger partial charge in [-0.25, -0.2) is 13.1 Å². The summed E-state index contributed by atoms with van der Waals surface area (Å²) in [4.78, 5) is 11.8. The van der Waals surface area contributed by atoms with Crippen LogP contribution in [0, 0.1) is 0 Å². The number of rotatable bonds is 7. The first-order valence-electron chi connectivity index (χ1n) is 7.05. The van der Waals surface area contributed by atoms with Gasteiger partial charge in [0.25, 0.3) is 0 Å². The monoisotopic (exact) mass is 368 g/mol. The molecule has 0 atom stereocenters. The Morgan fingerprint density at radius 2 is 1.88 bits per heavy atom. The fourth-order valence-electron chi connectivity index (χ4n) is 1.91. The number of ether oxygens (including phenoxy) is 1. The van der Waals surface area contributed by atoms with E-state index in [4.69, 9.17) is 16.3 Å². The zero-order chi connectivity index (χ0) is 17.6. The Morgan fingerprint density at radius 1 is 1.17 bits per heavy atom. The van der Waals surface area contributed by atoms with Crippen molar-refractivity contribution in [1.29, 1.82) is 0 Å². The van der Waals surface area contributed by atoms with Gasteiger partial charge in [0, 0.05) is 11.6 Å². The molecule has 0 aromatic heterocycles. The van der Waals surface area contributed by atoms with E-state index in [1.807, 2.05) is 6.07 Å². The summed E-state index contributed by atoms with van der Waals surface area (Å²) in [6.07, 6.45) is 0. The molecule has 0 unspecified atom stereocenters. The number of methoxy groups -OCH3 is 1. The average molecular weight is 369 g/mol. The van der Waals surface area contributed by atoms with Gasteiger partial charge in [0.2, 0.25) is 15.9 Å². The molecule has 24 heavy (non-hydrogen) atoms. The molecule has 0 saturated heterocycles. The van der Waals surface area contributed by atoms with Gasteiger partial charge in [-0.15, -0.1) is 0 Å². The Hall–Kier alpha value is -2.09. The molecule has 0 fully saturated rings. The molecule has 0 bridgehead atoms. The summed E-state index contributed by atoms with van der Waals surface area (Å²) in [7, 11) is -2.27. The molecular weight excluding hydrogens is 352 g/mol. The molecule has 6 nitrogen and oxygen atoms in total. The van der Waals surface area contributed by atoms with Crippen LogP contribution in [0.4, 0.5) is 0 Å². The molecule has 0 radical (unpaired) electrons. The van der Waals surface area contributed by atoms with E-state index in [1.54, 1.807) is 18.2 Å². The van der Waals surface area contributed by atoms with Crippen molar-refractivity contribution in [2.75, 3.05) is 13.7 Å². The number of carbonyl (C=O) groups is 1. The molecule has 128 valence electrons. The fraction of sp³-hybridized carbons (Fsp3) is 0.188. The maximum atomic E-state index is 12.1. The van der Waals surface area contributed by atoms with Crippen molar-refractivity contribution >= 4 is 27.5 Å². The van der Waals surface area contributed by atoms with Crippen LogP contribution >= 0.6 is 11.6 Å². The Balaban J connectivity index is 1.87. The lowest BCUT2D eigenvalue weighted by Gasteiger charge is -2.09. The minimum atomic E-state index is -3.76. The summed E-state index contributed by atoms with van der Waals surface area (Å²) in [5, 5.41) is 3.20. The summed E-state index contributed by atoms with van der Waals surface area (Å²) in [5.74, 6) is 0.111. The normalized spacial score (nSPS) is 11.1. The topological polar surface area (TPSA) is 84.5 Å². The third-order valence-electron chi connectivity index (χ3n) is 3.17. The van der Waals surface area contributed by atoms with E-state index in [1.165, 1.54) is 31.4 Å². The second-order valence-corrected chi connectivity index (χ2v) is 7.11. The summed E-state index contributed by atoms with van der Waals surface area (Å²) in [6.45, 7) is -0.0847. The number of benzene rings is 2. The van der Waals surface area contributed by atoms with Crippen LogP contribution in [0.25, 0.3) is 0 Å². The van der Waals surface area contributed by atoms with E-state index in [-0.39, 0.29) is 18.0 Å². The molecule has 0 spiro atoms. The van der Waals surface area contributed by atoms with Crippen molar-refractivity contribution in [3.8, 4) is 5.75 Å². The van der Waals surface area contributed by atoms with Gasteiger partial charge in [0.05, 0.1) is 18.6 Å². The molecular formula is C16H17ClN2O4S. The van der Waals surface area contributed by atoms with E-state index < -0.39 is 15.9 Å².